The normalized spacial score (nSPS) is 11.1. The lowest BCUT2D eigenvalue weighted by molar-refractivity contribution is 0.828. The standard InChI is InChI=1S/C13H21N5S/c1-3-5-7-14-11-10-9-15-18-12(10)17-13(16-11)19-8-6-4-2/h9H,3-8H2,1-2H3,(H2,14,15,16,17,18). The summed E-state index contributed by atoms with van der Waals surface area (Å²) in [5.74, 6) is 1.95. The van der Waals surface area contributed by atoms with Crippen LogP contribution in [0.2, 0.25) is 0 Å². The van der Waals surface area contributed by atoms with Gasteiger partial charge in [0.2, 0.25) is 0 Å². The van der Waals surface area contributed by atoms with Gasteiger partial charge in [0.1, 0.15) is 5.82 Å². The van der Waals surface area contributed by atoms with E-state index in [-0.39, 0.29) is 0 Å². The van der Waals surface area contributed by atoms with Crippen LogP contribution in [0.5, 0.6) is 0 Å². The topological polar surface area (TPSA) is 66.5 Å². The molecular formula is C13H21N5S. The first kappa shape index (κ1) is 14.1. The smallest absolute Gasteiger partial charge is 0.191 e. The Labute approximate surface area is 118 Å². The van der Waals surface area contributed by atoms with Gasteiger partial charge in [-0.05, 0) is 12.8 Å². The molecule has 2 aromatic heterocycles. The maximum absolute atomic E-state index is 4.60. The van der Waals surface area contributed by atoms with E-state index in [0.717, 1.165) is 40.7 Å². The first-order chi connectivity index (χ1) is 9.35. The Morgan fingerprint density at radius 2 is 2.05 bits per heavy atom. The molecule has 5 nitrogen and oxygen atoms in total. The highest BCUT2D eigenvalue weighted by molar-refractivity contribution is 7.99. The van der Waals surface area contributed by atoms with Crippen molar-refractivity contribution in [1.82, 2.24) is 20.2 Å². The molecule has 0 unspecified atom stereocenters. The number of thioether (sulfide) groups is 1. The molecule has 0 radical (unpaired) electrons. The fourth-order valence-electron chi connectivity index (χ4n) is 1.71. The van der Waals surface area contributed by atoms with Gasteiger partial charge in [-0.15, -0.1) is 0 Å². The van der Waals surface area contributed by atoms with E-state index in [2.05, 4.69) is 39.3 Å². The molecule has 0 fully saturated rings. The number of hydrogen-bond donors (Lipinski definition) is 2. The molecule has 0 aliphatic heterocycles. The summed E-state index contributed by atoms with van der Waals surface area (Å²) in [7, 11) is 0. The van der Waals surface area contributed by atoms with E-state index in [1.807, 2.05) is 0 Å². The zero-order chi connectivity index (χ0) is 13.5. The van der Waals surface area contributed by atoms with Gasteiger partial charge in [-0.3, -0.25) is 5.10 Å². The highest BCUT2D eigenvalue weighted by Crippen LogP contribution is 2.23. The Morgan fingerprint density at radius 1 is 1.21 bits per heavy atom. The summed E-state index contributed by atoms with van der Waals surface area (Å²) in [6.07, 6.45) is 6.48. The number of unbranched alkanes of at least 4 members (excludes halogenated alkanes) is 2. The van der Waals surface area contributed by atoms with Crippen LogP contribution in [-0.4, -0.2) is 32.5 Å². The summed E-state index contributed by atoms with van der Waals surface area (Å²) < 4.78 is 0. The van der Waals surface area contributed by atoms with Crippen molar-refractivity contribution in [3.63, 3.8) is 0 Å². The van der Waals surface area contributed by atoms with E-state index in [9.17, 15) is 0 Å². The van der Waals surface area contributed by atoms with Crippen molar-refractivity contribution in [2.24, 2.45) is 0 Å². The Bertz CT molecular complexity index is 511. The monoisotopic (exact) mass is 279 g/mol. The van der Waals surface area contributed by atoms with Gasteiger partial charge in [-0.2, -0.15) is 5.10 Å². The number of hydrogen-bond acceptors (Lipinski definition) is 5. The van der Waals surface area contributed by atoms with E-state index in [0.29, 0.717) is 0 Å². The number of nitrogens with zero attached hydrogens (tertiary/aromatic N) is 3. The minimum absolute atomic E-state index is 0.813. The molecule has 0 atom stereocenters. The van der Waals surface area contributed by atoms with E-state index in [4.69, 9.17) is 0 Å². The van der Waals surface area contributed by atoms with Gasteiger partial charge in [0, 0.05) is 12.3 Å². The van der Waals surface area contributed by atoms with Crippen LogP contribution in [0.3, 0.4) is 0 Å². The van der Waals surface area contributed by atoms with Gasteiger partial charge >= 0.3 is 0 Å². The Balaban J connectivity index is 2.14. The second kappa shape index (κ2) is 7.33. The van der Waals surface area contributed by atoms with Crippen molar-refractivity contribution in [1.29, 1.82) is 0 Å². The van der Waals surface area contributed by atoms with Crippen LogP contribution in [0.25, 0.3) is 11.0 Å². The molecule has 2 N–H and O–H groups in total. The summed E-state index contributed by atoms with van der Waals surface area (Å²) in [5.41, 5.74) is 0.813. The van der Waals surface area contributed by atoms with E-state index < -0.39 is 0 Å². The van der Waals surface area contributed by atoms with Crippen LogP contribution in [0.4, 0.5) is 5.82 Å². The Kier molecular flexibility index (Phi) is 5.44. The highest BCUT2D eigenvalue weighted by Gasteiger charge is 2.09. The lowest BCUT2D eigenvalue weighted by Gasteiger charge is -2.07. The molecule has 2 heterocycles. The minimum atomic E-state index is 0.813. The molecule has 0 aliphatic carbocycles. The third kappa shape index (κ3) is 3.83. The van der Waals surface area contributed by atoms with Gasteiger partial charge in [0.15, 0.2) is 10.8 Å². The number of nitrogens with one attached hydrogen (secondary N) is 2. The van der Waals surface area contributed by atoms with Crippen LogP contribution in [0.1, 0.15) is 39.5 Å². The first-order valence-electron chi connectivity index (χ1n) is 6.93. The fourth-order valence-corrected chi connectivity index (χ4v) is 2.63. The second-order valence-corrected chi connectivity index (χ2v) is 5.53. The third-order valence-corrected chi connectivity index (χ3v) is 3.77. The van der Waals surface area contributed by atoms with Crippen molar-refractivity contribution in [3.05, 3.63) is 6.20 Å². The molecule has 0 amide bonds. The Morgan fingerprint density at radius 3 is 2.84 bits per heavy atom. The van der Waals surface area contributed by atoms with E-state index >= 15 is 0 Å². The third-order valence-electron chi connectivity index (χ3n) is 2.84. The molecule has 6 heteroatoms. The first-order valence-corrected chi connectivity index (χ1v) is 7.91. The summed E-state index contributed by atoms with van der Waals surface area (Å²) in [6, 6.07) is 0. The van der Waals surface area contributed by atoms with Gasteiger partial charge in [-0.25, -0.2) is 9.97 Å². The molecule has 0 saturated carbocycles. The highest BCUT2D eigenvalue weighted by atomic mass is 32.2. The minimum Gasteiger partial charge on any atom is -0.369 e. The number of aromatic amines is 1. The molecule has 0 aromatic carbocycles. The fraction of sp³-hybridized carbons (Fsp3) is 0.615. The van der Waals surface area contributed by atoms with Crippen LogP contribution >= 0.6 is 11.8 Å². The Hall–Kier alpha value is -1.30. The zero-order valence-electron chi connectivity index (χ0n) is 11.6. The van der Waals surface area contributed by atoms with Crippen molar-refractivity contribution in [2.45, 2.75) is 44.7 Å². The maximum atomic E-state index is 4.60. The SMILES string of the molecule is CCCCNc1nc(SCCCC)nc2[nH]ncc12. The van der Waals surface area contributed by atoms with Gasteiger partial charge in [0.05, 0.1) is 11.6 Å². The quantitative estimate of drug-likeness (QED) is 0.440. The lowest BCUT2D eigenvalue weighted by atomic mass is 10.3. The van der Waals surface area contributed by atoms with Crippen molar-refractivity contribution in [3.8, 4) is 0 Å². The van der Waals surface area contributed by atoms with Gasteiger partial charge in [0.25, 0.3) is 0 Å². The molecule has 0 saturated heterocycles. The average molecular weight is 279 g/mol. The number of H-pyrrole nitrogens is 1. The van der Waals surface area contributed by atoms with Gasteiger partial charge in [-0.1, -0.05) is 38.5 Å². The molecule has 0 bridgehead atoms. The zero-order valence-corrected chi connectivity index (χ0v) is 12.4. The number of anilines is 1. The van der Waals surface area contributed by atoms with Gasteiger partial charge < -0.3 is 5.32 Å². The molecule has 19 heavy (non-hydrogen) atoms. The van der Waals surface area contributed by atoms with Crippen molar-refractivity contribution >= 4 is 28.6 Å². The van der Waals surface area contributed by atoms with Crippen LogP contribution < -0.4 is 5.32 Å². The number of aromatic nitrogens is 4. The number of rotatable bonds is 8. The summed E-state index contributed by atoms with van der Waals surface area (Å²) >= 11 is 1.71. The van der Waals surface area contributed by atoms with Crippen LogP contribution in [-0.2, 0) is 0 Å². The number of fused-ring (bicyclic) bond motifs is 1. The van der Waals surface area contributed by atoms with Crippen molar-refractivity contribution in [2.75, 3.05) is 17.6 Å². The molecule has 0 spiro atoms. The predicted molar refractivity (Wildman–Crippen MR) is 80.7 cm³/mol. The molecule has 2 aromatic rings. The van der Waals surface area contributed by atoms with E-state index in [1.54, 1.807) is 18.0 Å². The van der Waals surface area contributed by atoms with Crippen LogP contribution in [0, 0.1) is 0 Å². The summed E-state index contributed by atoms with van der Waals surface area (Å²) in [4.78, 5) is 9.09. The molecular weight excluding hydrogens is 258 g/mol. The second-order valence-electron chi connectivity index (χ2n) is 4.47. The maximum Gasteiger partial charge on any atom is 0.191 e. The lowest BCUT2D eigenvalue weighted by Crippen LogP contribution is -2.04. The van der Waals surface area contributed by atoms with E-state index in [1.165, 1.54) is 19.3 Å². The summed E-state index contributed by atoms with van der Waals surface area (Å²) in [6.45, 7) is 5.31. The molecule has 2 rings (SSSR count). The predicted octanol–water partition coefficient (Wildman–Crippen LogP) is 3.46. The molecule has 104 valence electrons. The largest absolute Gasteiger partial charge is 0.369 e. The van der Waals surface area contributed by atoms with Crippen LogP contribution in [0.15, 0.2) is 11.4 Å². The van der Waals surface area contributed by atoms with Crippen molar-refractivity contribution < 1.29 is 0 Å². The average Bonchev–Trinajstić information content (AvgIpc) is 2.88. The summed E-state index contributed by atoms with van der Waals surface area (Å²) in [5, 5.41) is 12.2. The molecule has 0 aliphatic rings.